The predicted octanol–water partition coefficient (Wildman–Crippen LogP) is 8.21. The van der Waals surface area contributed by atoms with Crippen LogP contribution in [0, 0.1) is 40.4 Å². The molecule has 2 heteroatoms. The second-order valence-corrected chi connectivity index (χ2v) is 12.6. The Kier molecular flexibility index (Phi) is 6.87. The molecule has 33 heavy (non-hydrogen) atoms. The Labute approximate surface area is 202 Å². The van der Waals surface area contributed by atoms with Gasteiger partial charge >= 0.3 is 5.97 Å². The van der Waals surface area contributed by atoms with Crippen molar-refractivity contribution in [2.45, 2.75) is 99.0 Å². The Morgan fingerprint density at radius 2 is 1.88 bits per heavy atom. The molecule has 7 unspecified atom stereocenters. The first-order chi connectivity index (χ1) is 15.6. The molecule has 0 saturated heterocycles. The number of allylic oxidation sites excluding steroid dienone is 5. The van der Waals surface area contributed by atoms with Crippen molar-refractivity contribution in [3.05, 3.63) is 47.6 Å². The van der Waals surface area contributed by atoms with E-state index in [1.165, 1.54) is 37.7 Å². The normalized spacial score (nSPS) is 38.8. The summed E-state index contributed by atoms with van der Waals surface area (Å²) in [4.78, 5) is 12.1. The van der Waals surface area contributed by atoms with Gasteiger partial charge in [0.2, 0.25) is 0 Å². The van der Waals surface area contributed by atoms with E-state index in [-0.39, 0.29) is 17.5 Å². The van der Waals surface area contributed by atoms with Crippen LogP contribution in [0.2, 0.25) is 0 Å². The van der Waals surface area contributed by atoms with Crippen molar-refractivity contribution in [3.63, 3.8) is 0 Å². The zero-order valence-corrected chi connectivity index (χ0v) is 22.0. The lowest BCUT2D eigenvalue weighted by Crippen LogP contribution is -2.46. The molecule has 3 fully saturated rings. The zero-order valence-electron chi connectivity index (χ0n) is 22.0. The van der Waals surface area contributed by atoms with Crippen molar-refractivity contribution in [1.82, 2.24) is 0 Å². The monoisotopic (exact) mass is 450 g/mol. The first-order valence-electron chi connectivity index (χ1n) is 13.5. The molecular weight excluding hydrogens is 404 g/mol. The molecule has 4 aliphatic rings. The first-order valence-corrected chi connectivity index (χ1v) is 13.5. The van der Waals surface area contributed by atoms with Crippen molar-refractivity contribution in [3.8, 4) is 0 Å². The van der Waals surface area contributed by atoms with Crippen molar-refractivity contribution >= 4 is 5.97 Å². The third-order valence-electron chi connectivity index (χ3n) is 9.90. The van der Waals surface area contributed by atoms with E-state index in [1.54, 1.807) is 12.5 Å². The molecule has 0 aromatic heterocycles. The van der Waals surface area contributed by atoms with E-state index in [9.17, 15) is 4.79 Å². The van der Waals surface area contributed by atoms with E-state index in [0.717, 1.165) is 37.0 Å². The minimum atomic E-state index is -0.238. The number of ether oxygens (including phenoxy) is 1. The summed E-state index contributed by atoms with van der Waals surface area (Å²) in [6, 6.07) is 0. The molecule has 2 nitrogen and oxygen atoms in total. The van der Waals surface area contributed by atoms with Gasteiger partial charge in [0.05, 0.1) is 0 Å². The van der Waals surface area contributed by atoms with E-state index in [0.29, 0.717) is 22.8 Å². The summed E-state index contributed by atoms with van der Waals surface area (Å²) in [6.45, 7) is 17.7. The molecule has 4 aliphatic carbocycles. The summed E-state index contributed by atoms with van der Waals surface area (Å²) in [5.41, 5.74) is 4.41. The Hall–Kier alpha value is -1.57. The molecule has 0 aromatic carbocycles. The highest BCUT2D eigenvalue weighted by atomic mass is 16.5. The Morgan fingerprint density at radius 1 is 1.12 bits per heavy atom. The fourth-order valence-electron chi connectivity index (χ4n) is 7.93. The van der Waals surface area contributed by atoms with Gasteiger partial charge in [-0.2, -0.15) is 0 Å². The van der Waals surface area contributed by atoms with E-state index >= 15 is 0 Å². The van der Waals surface area contributed by atoms with E-state index in [2.05, 4.69) is 65.5 Å². The summed E-state index contributed by atoms with van der Waals surface area (Å²) in [6.07, 6.45) is 19.4. The lowest BCUT2D eigenvalue weighted by Gasteiger charge is -2.55. The van der Waals surface area contributed by atoms with Gasteiger partial charge in [0.15, 0.2) is 0 Å². The number of esters is 1. The van der Waals surface area contributed by atoms with Gasteiger partial charge in [-0.05, 0) is 92.3 Å². The van der Waals surface area contributed by atoms with E-state index < -0.39 is 0 Å². The Balaban J connectivity index is 1.52. The Morgan fingerprint density at radius 3 is 2.58 bits per heavy atom. The SMILES string of the molecule is C=C(C)C(=O)OC1CCC2(C)C(=CC=C3C2CCC2(C)C3CCC2C(C)C=CCC(C)C)C1. The third kappa shape index (κ3) is 4.44. The first kappa shape index (κ1) is 24.6. The largest absolute Gasteiger partial charge is 0.459 e. The number of carbonyl (C=O) groups is 1. The smallest absolute Gasteiger partial charge is 0.333 e. The molecule has 0 radical (unpaired) electrons. The highest BCUT2D eigenvalue weighted by molar-refractivity contribution is 5.87. The summed E-state index contributed by atoms with van der Waals surface area (Å²) in [7, 11) is 0. The average molecular weight is 451 g/mol. The Bertz CT molecular complexity index is 873. The van der Waals surface area contributed by atoms with Gasteiger partial charge in [-0.15, -0.1) is 0 Å². The van der Waals surface area contributed by atoms with E-state index in [1.807, 2.05) is 0 Å². The average Bonchev–Trinajstić information content (AvgIpc) is 3.11. The topological polar surface area (TPSA) is 26.3 Å². The predicted molar refractivity (Wildman–Crippen MR) is 138 cm³/mol. The van der Waals surface area contributed by atoms with Crippen LogP contribution in [0.3, 0.4) is 0 Å². The van der Waals surface area contributed by atoms with Crippen LogP contribution in [0.1, 0.15) is 92.9 Å². The maximum absolute atomic E-state index is 12.1. The number of rotatable bonds is 6. The van der Waals surface area contributed by atoms with Gasteiger partial charge < -0.3 is 4.74 Å². The van der Waals surface area contributed by atoms with Crippen LogP contribution in [0.15, 0.2) is 47.6 Å². The van der Waals surface area contributed by atoms with Crippen LogP contribution in [0.5, 0.6) is 0 Å². The molecule has 0 bridgehead atoms. The fourth-order valence-corrected chi connectivity index (χ4v) is 7.93. The van der Waals surface area contributed by atoms with Crippen molar-refractivity contribution in [1.29, 1.82) is 0 Å². The minimum Gasteiger partial charge on any atom is -0.459 e. The van der Waals surface area contributed by atoms with Crippen LogP contribution in [-0.2, 0) is 9.53 Å². The van der Waals surface area contributed by atoms with Crippen molar-refractivity contribution in [2.24, 2.45) is 40.4 Å². The van der Waals surface area contributed by atoms with Crippen LogP contribution < -0.4 is 0 Å². The molecule has 7 atom stereocenters. The summed E-state index contributed by atoms with van der Waals surface area (Å²) >= 11 is 0. The summed E-state index contributed by atoms with van der Waals surface area (Å²) < 4.78 is 5.75. The second-order valence-electron chi connectivity index (χ2n) is 12.6. The van der Waals surface area contributed by atoms with Gasteiger partial charge in [-0.25, -0.2) is 4.79 Å². The maximum atomic E-state index is 12.1. The number of carbonyl (C=O) groups excluding carboxylic acids is 1. The molecule has 4 rings (SSSR count). The lowest BCUT2D eigenvalue weighted by molar-refractivity contribution is -0.145. The molecule has 0 N–H and O–H groups in total. The fraction of sp³-hybridized carbons (Fsp3) is 0.710. The highest BCUT2D eigenvalue weighted by Gasteiger charge is 2.56. The van der Waals surface area contributed by atoms with Gasteiger partial charge in [0.25, 0.3) is 0 Å². The minimum absolute atomic E-state index is 0.00617. The zero-order chi connectivity index (χ0) is 24.0. The van der Waals surface area contributed by atoms with Gasteiger partial charge in [-0.3, -0.25) is 0 Å². The molecule has 0 heterocycles. The summed E-state index contributed by atoms with van der Waals surface area (Å²) in [5.74, 6) is 3.36. The van der Waals surface area contributed by atoms with Crippen LogP contribution >= 0.6 is 0 Å². The molecule has 182 valence electrons. The quantitative estimate of drug-likeness (QED) is 0.231. The van der Waals surface area contributed by atoms with E-state index in [4.69, 9.17) is 4.74 Å². The molecule has 0 amide bonds. The third-order valence-corrected chi connectivity index (χ3v) is 9.90. The summed E-state index contributed by atoms with van der Waals surface area (Å²) in [5, 5.41) is 0. The number of hydrogen-bond donors (Lipinski definition) is 0. The standard InChI is InChI=1S/C31H46O2/c1-20(2)9-8-10-22(5)26-13-14-27-25-12-11-23-19-24(33-29(32)21(3)4)15-17-30(23,6)28(25)16-18-31(26,27)7/h8,10-12,20,22,24,26-28H,3,9,13-19H2,1-2,4-7H3. The highest BCUT2D eigenvalue weighted by Crippen LogP contribution is 2.66. The molecular formula is C31H46O2. The van der Waals surface area contributed by atoms with Crippen LogP contribution in [-0.4, -0.2) is 12.1 Å². The second kappa shape index (κ2) is 9.23. The molecule has 0 aliphatic heterocycles. The van der Waals surface area contributed by atoms with Crippen LogP contribution in [0.4, 0.5) is 0 Å². The van der Waals surface area contributed by atoms with Crippen molar-refractivity contribution < 1.29 is 9.53 Å². The van der Waals surface area contributed by atoms with Crippen molar-refractivity contribution in [2.75, 3.05) is 0 Å². The van der Waals surface area contributed by atoms with Gasteiger partial charge in [-0.1, -0.05) is 76.6 Å². The number of fused-ring (bicyclic) bond motifs is 5. The maximum Gasteiger partial charge on any atom is 0.333 e. The number of hydrogen-bond acceptors (Lipinski definition) is 2. The molecule has 0 spiro atoms. The lowest BCUT2D eigenvalue weighted by atomic mass is 9.50. The van der Waals surface area contributed by atoms with Gasteiger partial charge in [0, 0.05) is 12.0 Å². The van der Waals surface area contributed by atoms with Crippen LogP contribution in [0.25, 0.3) is 0 Å². The van der Waals surface area contributed by atoms with Gasteiger partial charge in [0.1, 0.15) is 6.10 Å². The molecule has 3 saturated carbocycles. The molecule has 0 aromatic rings.